The van der Waals surface area contributed by atoms with Crippen LogP contribution in [0.4, 0.5) is 0 Å². The smallest absolute Gasteiger partial charge is 0.254 e. The van der Waals surface area contributed by atoms with Gasteiger partial charge in [-0.3, -0.25) is 4.79 Å². The summed E-state index contributed by atoms with van der Waals surface area (Å²) in [6.07, 6.45) is -0.0310. The molecule has 1 fully saturated rings. The molecule has 1 heterocycles. The van der Waals surface area contributed by atoms with Crippen LogP contribution in [-0.2, 0) is 4.74 Å². The molecule has 0 saturated carbocycles. The molecule has 1 aromatic rings. The topological polar surface area (TPSA) is 55.6 Å². The van der Waals surface area contributed by atoms with Crippen molar-refractivity contribution in [3.63, 3.8) is 0 Å². The minimum Gasteiger partial charge on any atom is -0.373 e. The second-order valence-electron chi connectivity index (χ2n) is 3.99. The van der Waals surface area contributed by atoms with Crippen LogP contribution in [0.25, 0.3) is 0 Å². The summed E-state index contributed by atoms with van der Waals surface area (Å²) in [5.74, 6) is 0.0585. The number of halogens is 2. The van der Waals surface area contributed by atoms with E-state index in [1.165, 1.54) is 0 Å². The SMILES string of the molecule is Cl.NCC1CN(C(=O)c2ccc(I)cc2)CCO1. The van der Waals surface area contributed by atoms with E-state index < -0.39 is 0 Å². The zero-order chi connectivity index (χ0) is 12.3. The molecule has 1 saturated heterocycles. The monoisotopic (exact) mass is 382 g/mol. The molecule has 0 spiro atoms. The molecule has 1 amide bonds. The minimum absolute atomic E-state index is 0. The van der Waals surface area contributed by atoms with Crippen LogP contribution in [0.1, 0.15) is 10.4 Å². The Morgan fingerprint density at radius 1 is 1.44 bits per heavy atom. The van der Waals surface area contributed by atoms with Gasteiger partial charge in [0.1, 0.15) is 0 Å². The number of carbonyl (C=O) groups excluding carboxylic acids is 1. The normalized spacial score (nSPS) is 19.2. The highest BCUT2D eigenvalue weighted by Gasteiger charge is 2.23. The fourth-order valence-corrected chi connectivity index (χ4v) is 2.18. The Morgan fingerprint density at radius 2 is 2.11 bits per heavy atom. The second kappa shape index (κ2) is 7.28. The molecule has 1 aliphatic heterocycles. The number of hydrogen-bond donors (Lipinski definition) is 1. The van der Waals surface area contributed by atoms with Crippen molar-refractivity contribution in [1.82, 2.24) is 4.90 Å². The Morgan fingerprint density at radius 3 is 2.72 bits per heavy atom. The Balaban J connectivity index is 0.00000162. The number of nitrogens with zero attached hydrogens (tertiary/aromatic N) is 1. The third kappa shape index (κ3) is 3.81. The van der Waals surface area contributed by atoms with Gasteiger partial charge in [-0.15, -0.1) is 12.4 Å². The fourth-order valence-electron chi connectivity index (χ4n) is 1.82. The highest BCUT2D eigenvalue weighted by molar-refractivity contribution is 14.1. The molecule has 1 aromatic carbocycles. The maximum atomic E-state index is 12.2. The molecular formula is C12H16ClIN2O2. The van der Waals surface area contributed by atoms with Crippen LogP contribution >= 0.6 is 35.0 Å². The van der Waals surface area contributed by atoms with Crippen molar-refractivity contribution < 1.29 is 9.53 Å². The lowest BCUT2D eigenvalue weighted by Gasteiger charge is -2.32. The Labute approximate surface area is 126 Å². The van der Waals surface area contributed by atoms with Crippen LogP contribution in [-0.4, -0.2) is 43.2 Å². The molecule has 0 radical (unpaired) electrons. The Hall–Kier alpha value is -0.370. The number of hydrogen-bond acceptors (Lipinski definition) is 3. The quantitative estimate of drug-likeness (QED) is 0.789. The van der Waals surface area contributed by atoms with Gasteiger partial charge in [-0.2, -0.15) is 0 Å². The standard InChI is InChI=1S/C12H15IN2O2.ClH/c13-10-3-1-9(2-4-10)12(16)15-5-6-17-11(7-14)8-15;/h1-4,11H,5-8,14H2;1H. The van der Waals surface area contributed by atoms with E-state index in [9.17, 15) is 4.79 Å². The van der Waals surface area contributed by atoms with E-state index in [-0.39, 0.29) is 24.4 Å². The average molecular weight is 383 g/mol. The lowest BCUT2D eigenvalue weighted by molar-refractivity contribution is -0.0167. The molecule has 1 atom stereocenters. The van der Waals surface area contributed by atoms with Crippen LogP contribution in [0.15, 0.2) is 24.3 Å². The summed E-state index contributed by atoms with van der Waals surface area (Å²) in [4.78, 5) is 14.0. The van der Waals surface area contributed by atoms with Crippen LogP contribution in [0.5, 0.6) is 0 Å². The van der Waals surface area contributed by atoms with E-state index in [0.717, 1.165) is 9.13 Å². The van der Waals surface area contributed by atoms with Gasteiger partial charge in [-0.25, -0.2) is 0 Å². The van der Waals surface area contributed by atoms with Gasteiger partial charge >= 0.3 is 0 Å². The van der Waals surface area contributed by atoms with Gasteiger partial charge in [0.05, 0.1) is 12.7 Å². The van der Waals surface area contributed by atoms with Crippen molar-refractivity contribution in [2.24, 2.45) is 5.73 Å². The molecule has 2 rings (SSSR count). The van der Waals surface area contributed by atoms with E-state index in [4.69, 9.17) is 10.5 Å². The highest BCUT2D eigenvalue weighted by Crippen LogP contribution is 2.12. The first-order chi connectivity index (χ1) is 8.20. The Bertz CT molecular complexity index is 400. The van der Waals surface area contributed by atoms with Crippen molar-refractivity contribution in [3.05, 3.63) is 33.4 Å². The summed E-state index contributed by atoms with van der Waals surface area (Å²) in [7, 11) is 0. The van der Waals surface area contributed by atoms with Crippen LogP contribution in [0, 0.1) is 3.57 Å². The van der Waals surface area contributed by atoms with Crippen molar-refractivity contribution in [2.45, 2.75) is 6.10 Å². The molecule has 100 valence electrons. The van der Waals surface area contributed by atoms with Gasteiger partial charge in [0.25, 0.3) is 5.91 Å². The van der Waals surface area contributed by atoms with Gasteiger partial charge in [0, 0.05) is 28.8 Å². The van der Waals surface area contributed by atoms with Gasteiger partial charge in [0.15, 0.2) is 0 Å². The van der Waals surface area contributed by atoms with Crippen molar-refractivity contribution in [2.75, 3.05) is 26.2 Å². The van der Waals surface area contributed by atoms with E-state index in [0.29, 0.717) is 26.2 Å². The highest BCUT2D eigenvalue weighted by atomic mass is 127. The van der Waals surface area contributed by atoms with E-state index in [1.807, 2.05) is 29.2 Å². The zero-order valence-electron chi connectivity index (χ0n) is 9.84. The van der Waals surface area contributed by atoms with Gasteiger partial charge in [-0.05, 0) is 46.9 Å². The summed E-state index contributed by atoms with van der Waals surface area (Å²) >= 11 is 2.22. The summed E-state index contributed by atoms with van der Waals surface area (Å²) < 4.78 is 6.57. The van der Waals surface area contributed by atoms with Gasteiger partial charge in [0.2, 0.25) is 0 Å². The lowest BCUT2D eigenvalue weighted by Crippen LogP contribution is -2.48. The molecule has 2 N–H and O–H groups in total. The number of carbonyl (C=O) groups is 1. The van der Waals surface area contributed by atoms with E-state index in [2.05, 4.69) is 22.6 Å². The molecule has 0 aliphatic carbocycles. The minimum atomic E-state index is -0.0310. The third-order valence-electron chi connectivity index (χ3n) is 2.78. The van der Waals surface area contributed by atoms with Crippen molar-refractivity contribution >= 4 is 40.9 Å². The Kier molecular flexibility index (Phi) is 6.34. The molecule has 6 heteroatoms. The predicted octanol–water partition coefficient (Wildman–Crippen LogP) is 1.51. The molecule has 18 heavy (non-hydrogen) atoms. The first-order valence-corrected chi connectivity index (χ1v) is 6.65. The number of rotatable bonds is 2. The van der Waals surface area contributed by atoms with Crippen molar-refractivity contribution in [1.29, 1.82) is 0 Å². The molecule has 0 aromatic heterocycles. The largest absolute Gasteiger partial charge is 0.373 e. The number of ether oxygens (including phenoxy) is 1. The van der Waals surface area contributed by atoms with E-state index in [1.54, 1.807) is 0 Å². The van der Waals surface area contributed by atoms with E-state index >= 15 is 0 Å². The first kappa shape index (κ1) is 15.7. The molecule has 0 bridgehead atoms. The first-order valence-electron chi connectivity index (χ1n) is 5.57. The maximum absolute atomic E-state index is 12.2. The summed E-state index contributed by atoms with van der Waals surface area (Å²) in [6.45, 7) is 2.25. The van der Waals surface area contributed by atoms with Crippen molar-refractivity contribution in [3.8, 4) is 0 Å². The zero-order valence-corrected chi connectivity index (χ0v) is 12.8. The lowest BCUT2D eigenvalue weighted by atomic mass is 10.1. The third-order valence-corrected chi connectivity index (χ3v) is 3.50. The van der Waals surface area contributed by atoms with Crippen LogP contribution < -0.4 is 5.73 Å². The van der Waals surface area contributed by atoms with Gasteiger partial charge < -0.3 is 15.4 Å². The maximum Gasteiger partial charge on any atom is 0.254 e. The fraction of sp³-hybridized carbons (Fsp3) is 0.417. The van der Waals surface area contributed by atoms with Gasteiger partial charge in [-0.1, -0.05) is 0 Å². The molecular weight excluding hydrogens is 367 g/mol. The second-order valence-corrected chi connectivity index (χ2v) is 5.23. The number of morpholine rings is 1. The predicted molar refractivity (Wildman–Crippen MR) is 81.1 cm³/mol. The summed E-state index contributed by atoms with van der Waals surface area (Å²) in [6, 6.07) is 7.59. The van der Waals surface area contributed by atoms with Crippen LogP contribution in [0.2, 0.25) is 0 Å². The number of benzene rings is 1. The molecule has 1 aliphatic rings. The molecule has 4 nitrogen and oxygen atoms in total. The molecule has 1 unspecified atom stereocenters. The number of nitrogens with two attached hydrogens (primary N) is 1. The van der Waals surface area contributed by atoms with Crippen LogP contribution in [0.3, 0.4) is 0 Å². The average Bonchev–Trinajstić information content (AvgIpc) is 2.39. The summed E-state index contributed by atoms with van der Waals surface area (Å²) in [5.41, 5.74) is 6.29. The summed E-state index contributed by atoms with van der Waals surface area (Å²) in [5, 5.41) is 0. The number of amides is 1.